The number of carbonyl (C=O) groups excluding carboxylic acids is 2. The average Bonchev–Trinajstić information content (AvgIpc) is 3.41. The van der Waals surface area contributed by atoms with Crippen LogP contribution in [0.1, 0.15) is 17.5 Å². The minimum Gasteiger partial charge on any atom is -0.488 e. The summed E-state index contributed by atoms with van der Waals surface area (Å²) in [5, 5.41) is 5.93. The second-order valence-corrected chi connectivity index (χ2v) is 8.06. The van der Waals surface area contributed by atoms with E-state index in [4.69, 9.17) is 16.3 Å². The lowest BCUT2D eigenvalue weighted by Gasteiger charge is -2.13. The molecule has 1 saturated carbocycles. The molecular formula is C23H19ClN2O3. The largest absolute Gasteiger partial charge is 0.488 e. The van der Waals surface area contributed by atoms with E-state index in [9.17, 15) is 9.59 Å². The number of imide groups is 1. The minimum absolute atomic E-state index is 0.174. The summed E-state index contributed by atoms with van der Waals surface area (Å²) in [6.07, 6.45) is 6.57. The first-order chi connectivity index (χ1) is 14.1. The van der Waals surface area contributed by atoms with Gasteiger partial charge in [-0.2, -0.15) is 10.1 Å². The van der Waals surface area contributed by atoms with Gasteiger partial charge in [0.1, 0.15) is 12.4 Å². The highest BCUT2D eigenvalue weighted by Crippen LogP contribution is 2.52. The molecule has 1 saturated heterocycles. The van der Waals surface area contributed by atoms with Crippen LogP contribution in [-0.4, -0.2) is 23.0 Å². The Morgan fingerprint density at radius 1 is 1.00 bits per heavy atom. The summed E-state index contributed by atoms with van der Waals surface area (Å²) in [4.78, 5) is 25.5. The monoisotopic (exact) mass is 406 g/mol. The predicted molar refractivity (Wildman–Crippen MR) is 109 cm³/mol. The van der Waals surface area contributed by atoms with Gasteiger partial charge in [0.05, 0.1) is 18.1 Å². The molecule has 3 aliphatic rings. The Hall–Kier alpha value is -2.92. The number of hydrogen-bond donors (Lipinski definition) is 0. The quantitative estimate of drug-likeness (QED) is 0.427. The lowest BCUT2D eigenvalue weighted by atomic mass is 9.85. The standard InChI is InChI=1S/C23H19ClN2O3/c24-18-7-3-1-6-17(18)13-29-19-8-4-2-5-16(19)12-25-26-22(27)20-14-9-10-15(11-14)21(20)23(26)28/h1-10,12,14-15,20-21H,11,13H2/b25-12-/t14-,15+,20-,21-/m0/s1. The molecule has 0 aromatic heterocycles. The number of para-hydroxylation sites is 1. The summed E-state index contributed by atoms with van der Waals surface area (Å²) in [6, 6.07) is 14.9. The number of hydrazone groups is 1. The van der Waals surface area contributed by atoms with Crippen LogP contribution >= 0.6 is 11.6 Å². The number of rotatable bonds is 5. The van der Waals surface area contributed by atoms with E-state index in [1.54, 1.807) is 0 Å². The van der Waals surface area contributed by atoms with Crippen LogP contribution in [0.2, 0.25) is 5.02 Å². The minimum atomic E-state index is -0.249. The Labute approximate surface area is 173 Å². The first-order valence-electron chi connectivity index (χ1n) is 9.69. The fraction of sp³-hybridized carbons (Fsp3) is 0.261. The van der Waals surface area contributed by atoms with Crippen molar-refractivity contribution in [2.45, 2.75) is 13.0 Å². The van der Waals surface area contributed by atoms with Gasteiger partial charge in [0.25, 0.3) is 11.8 Å². The molecule has 0 spiro atoms. The molecule has 1 aliphatic heterocycles. The molecule has 2 aromatic rings. The number of hydrogen-bond acceptors (Lipinski definition) is 4. The Morgan fingerprint density at radius 2 is 1.66 bits per heavy atom. The van der Waals surface area contributed by atoms with Crippen molar-refractivity contribution in [2.24, 2.45) is 28.8 Å². The van der Waals surface area contributed by atoms with Gasteiger partial charge in [-0.1, -0.05) is 54.1 Å². The molecule has 0 N–H and O–H groups in total. The Balaban J connectivity index is 1.34. The molecule has 0 unspecified atom stereocenters. The van der Waals surface area contributed by atoms with Gasteiger partial charge in [0.15, 0.2) is 0 Å². The molecule has 2 amide bonds. The molecule has 2 fully saturated rings. The first-order valence-corrected chi connectivity index (χ1v) is 10.1. The maximum absolute atomic E-state index is 12.8. The van der Waals surface area contributed by atoms with Crippen molar-refractivity contribution >= 4 is 29.6 Å². The van der Waals surface area contributed by atoms with Crippen LogP contribution in [0.4, 0.5) is 0 Å². The summed E-state index contributed by atoms with van der Waals surface area (Å²) in [5.74, 6) is 0.0749. The molecule has 6 heteroatoms. The van der Waals surface area contributed by atoms with E-state index in [-0.39, 0.29) is 35.5 Å². The van der Waals surface area contributed by atoms with Crippen molar-refractivity contribution in [2.75, 3.05) is 0 Å². The number of allylic oxidation sites excluding steroid dienone is 2. The second-order valence-electron chi connectivity index (χ2n) is 7.65. The Bertz CT molecular complexity index is 1020. The van der Waals surface area contributed by atoms with E-state index in [1.165, 1.54) is 6.21 Å². The zero-order valence-corrected chi connectivity index (χ0v) is 16.3. The number of benzene rings is 2. The third-order valence-electron chi connectivity index (χ3n) is 6.02. The molecule has 146 valence electrons. The van der Waals surface area contributed by atoms with E-state index < -0.39 is 0 Å². The lowest BCUT2D eigenvalue weighted by molar-refractivity contribution is -0.140. The van der Waals surface area contributed by atoms with Crippen LogP contribution in [0.3, 0.4) is 0 Å². The van der Waals surface area contributed by atoms with Gasteiger partial charge in [-0.3, -0.25) is 9.59 Å². The maximum atomic E-state index is 12.8. The molecule has 2 aliphatic carbocycles. The normalized spacial score (nSPS) is 27.3. The van der Waals surface area contributed by atoms with Crippen LogP contribution in [0.5, 0.6) is 5.75 Å². The fourth-order valence-corrected chi connectivity index (χ4v) is 4.80. The lowest BCUT2D eigenvalue weighted by Crippen LogP contribution is -2.28. The van der Waals surface area contributed by atoms with Crippen molar-refractivity contribution in [3.05, 3.63) is 76.8 Å². The zero-order chi connectivity index (χ0) is 20.0. The van der Waals surface area contributed by atoms with E-state index >= 15 is 0 Å². The molecule has 1 heterocycles. The van der Waals surface area contributed by atoms with E-state index in [0.717, 1.165) is 17.0 Å². The molecule has 0 radical (unpaired) electrons. The molecule has 29 heavy (non-hydrogen) atoms. The topological polar surface area (TPSA) is 59.0 Å². The van der Waals surface area contributed by atoms with E-state index in [0.29, 0.717) is 22.9 Å². The molecular weight excluding hydrogens is 388 g/mol. The number of halogens is 1. The highest BCUT2D eigenvalue weighted by molar-refractivity contribution is 6.31. The summed E-state index contributed by atoms with van der Waals surface area (Å²) < 4.78 is 5.92. The molecule has 4 atom stereocenters. The first kappa shape index (κ1) is 18.1. The molecule has 5 nitrogen and oxygen atoms in total. The van der Waals surface area contributed by atoms with Crippen molar-refractivity contribution in [3.63, 3.8) is 0 Å². The van der Waals surface area contributed by atoms with Gasteiger partial charge in [0, 0.05) is 16.1 Å². The Morgan fingerprint density at radius 3 is 2.38 bits per heavy atom. The Kier molecular flexibility index (Phi) is 4.47. The van der Waals surface area contributed by atoms with Gasteiger partial charge in [-0.25, -0.2) is 0 Å². The van der Waals surface area contributed by atoms with Gasteiger partial charge < -0.3 is 4.74 Å². The highest BCUT2D eigenvalue weighted by atomic mass is 35.5. The van der Waals surface area contributed by atoms with Crippen LogP contribution in [0.15, 0.2) is 65.8 Å². The van der Waals surface area contributed by atoms with Crippen molar-refractivity contribution < 1.29 is 14.3 Å². The zero-order valence-electron chi connectivity index (χ0n) is 15.6. The van der Waals surface area contributed by atoms with Gasteiger partial charge in [0.2, 0.25) is 0 Å². The number of amides is 2. The smallest absolute Gasteiger partial charge is 0.254 e. The van der Waals surface area contributed by atoms with E-state index in [2.05, 4.69) is 17.3 Å². The third-order valence-corrected chi connectivity index (χ3v) is 6.39. The second kappa shape index (κ2) is 7.16. The molecule has 2 aromatic carbocycles. The van der Waals surface area contributed by atoms with Crippen LogP contribution in [0.25, 0.3) is 0 Å². The van der Waals surface area contributed by atoms with E-state index in [1.807, 2.05) is 48.5 Å². The third kappa shape index (κ3) is 3.06. The van der Waals surface area contributed by atoms with Gasteiger partial charge in [-0.05, 0) is 36.5 Å². The van der Waals surface area contributed by atoms with Crippen LogP contribution < -0.4 is 4.74 Å². The summed E-state index contributed by atoms with van der Waals surface area (Å²) in [5.41, 5.74) is 1.57. The SMILES string of the molecule is O=C1[C@@H]2[C@@H](C(=O)N1/N=C\c1ccccc1OCc1ccccc1Cl)[C@H]1C=C[C@@H]2C1. The van der Waals surface area contributed by atoms with Gasteiger partial charge in [-0.15, -0.1) is 0 Å². The summed E-state index contributed by atoms with van der Waals surface area (Å²) in [6.45, 7) is 0.311. The number of ether oxygens (including phenoxy) is 1. The van der Waals surface area contributed by atoms with Crippen LogP contribution in [0, 0.1) is 23.7 Å². The predicted octanol–water partition coefficient (Wildman–Crippen LogP) is 4.06. The number of nitrogens with zero attached hydrogens (tertiary/aromatic N) is 2. The summed E-state index contributed by atoms with van der Waals surface area (Å²) >= 11 is 6.19. The van der Waals surface area contributed by atoms with Gasteiger partial charge >= 0.3 is 0 Å². The molecule has 5 rings (SSSR count). The van der Waals surface area contributed by atoms with Crippen LogP contribution in [-0.2, 0) is 16.2 Å². The average molecular weight is 407 g/mol. The number of fused-ring (bicyclic) bond motifs is 5. The van der Waals surface area contributed by atoms with Crippen molar-refractivity contribution in [1.29, 1.82) is 0 Å². The summed E-state index contributed by atoms with van der Waals surface area (Å²) in [7, 11) is 0. The fourth-order valence-electron chi connectivity index (χ4n) is 4.61. The molecule has 2 bridgehead atoms. The van der Waals surface area contributed by atoms with Crippen molar-refractivity contribution in [1.82, 2.24) is 5.01 Å². The number of carbonyl (C=O) groups is 2. The highest BCUT2D eigenvalue weighted by Gasteiger charge is 2.59. The maximum Gasteiger partial charge on any atom is 0.254 e. The van der Waals surface area contributed by atoms with Crippen molar-refractivity contribution in [3.8, 4) is 5.75 Å².